The number of anilines is 1. The summed E-state index contributed by atoms with van der Waals surface area (Å²) in [4.78, 5) is 18.8. The van der Waals surface area contributed by atoms with Crippen molar-refractivity contribution in [2.45, 2.75) is 32.7 Å². The summed E-state index contributed by atoms with van der Waals surface area (Å²) in [6.07, 6.45) is 3.04. The van der Waals surface area contributed by atoms with Crippen LogP contribution < -0.4 is 10.1 Å². The highest BCUT2D eigenvalue weighted by Crippen LogP contribution is 2.17. The van der Waals surface area contributed by atoms with Crippen LogP contribution in [-0.2, 0) is 4.79 Å². The summed E-state index contributed by atoms with van der Waals surface area (Å²) in [5.74, 6) is 0.0576. The maximum Gasteiger partial charge on any atom is 0.305 e. The monoisotopic (exact) mass is 239 g/mol. The van der Waals surface area contributed by atoms with E-state index in [1.807, 2.05) is 6.92 Å². The lowest BCUT2D eigenvalue weighted by Gasteiger charge is -2.24. The molecule has 1 rings (SSSR count). The fourth-order valence-electron chi connectivity index (χ4n) is 1.39. The Morgan fingerprint density at radius 2 is 2.24 bits per heavy atom. The lowest BCUT2D eigenvalue weighted by molar-refractivity contribution is -0.137. The zero-order chi connectivity index (χ0) is 12.9. The van der Waals surface area contributed by atoms with Gasteiger partial charge in [-0.3, -0.25) is 9.78 Å². The molecule has 0 aliphatic heterocycles. The minimum absolute atomic E-state index is 0.00641. The van der Waals surface area contributed by atoms with Gasteiger partial charge in [-0.2, -0.15) is 4.98 Å². The number of hydrogen-bond acceptors (Lipinski definition) is 5. The Morgan fingerprint density at radius 3 is 2.82 bits per heavy atom. The van der Waals surface area contributed by atoms with Crippen LogP contribution in [0.25, 0.3) is 0 Å². The minimum Gasteiger partial charge on any atom is -0.481 e. The molecule has 1 heterocycles. The standard InChI is InChI=1S/C11H17N3O3/c1-4-17-9-7-12-6-8(13-9)14-11(2,3)5-10(15)16/h6-7H,4-5H2,1-3H3,(H,13,14)(H,15,16). The third-order valence-corrected chi connectivity index (χ3v) is 1.96. The number of carbonyl (C=O) groups is 1. The molecule has 0 amide bonds. The summed E-state index contributed by atoms with van der Waals surface area (Å²) >= 11 is 0. The fraction of sp³-hybridized carbons (Fsp3) is 0.545. The van der Waals surface area contributed by atoms with Crippen LogP contribution >= 0.6 is 0 Å². The molecule has 0 unspecified atom stereocenters. The molecule has 0 atom stereocenters. The van der Waals surface area contributed by atoms with Crippen molar-refractivity contribution in [3.8, 4) is 5.88 Å². The van der Waals surface area contributed by atoms with E-state index in [1.54, 1.807) is 13.8 Å². The molecule has 0 bridgehead atoms. The smallest absolute Gasteiger partial charge is 0.305 e. The lowest BCUT2D eigenvalue weighted by Crippen LogP contribution is -2.34. The zero-order valence-corrected chi connectivity index (χ0v) is 10.2. The molecule has 2 N–H and O–H groups in total. The molecule has 1 aromatic rings. The van der Waals surface area contributed by atoms with E-state index >= 15 is 0 Å². The highest BCUT2D eigenvalue weighted by molar-refractivity contribution is 5.69. The maximum absolute atomic E-state index is 10.7. The number of nitrogens with zero attached hydrogens (tertiary/aromatic N) is 2. The first-order valence-electron chi connectivity index (χ1n) is 5.38. The van der Waals surface area contributed by atoms with Crippen molar-refractivity contribution >= 4 is 11.8 Å². The van der Waals surface area contributed by atoms with Gasteiger partial charge >= 0.3 is 5.97 Å². The number of aliphatic carboxylic acids is 1. The van der Waals surface area contributed by atoms with Gasteiger partial charge in [0.05, 0.1) is 25.4 Å². The second-order valence-electron chi connectivity index (χ2n) is 4.25. The van der Waals surface area contributed by atoms with Crippen molar-refractivity contribution in [1.29, 1.82) is 0 Å². The van der Waals surface area contributed by atoms with Gasteiger partial charge in [0.2, 0.25) is 5.88 Å². The molecule has 0 saturated heterocycles. The summed E-state index contributed by atoms with van der Waals surface area (Å²) in [5, 5.41) is 11.8. The van der Waals surface area contributed by atoms with Gasteiger partial charge in [0.25, 0.3) is 0 Å². The van der Waals surface area contributed by atoms with E-state index in [0.717, 1.165) is 0 Å². The summed E-state index contributed by atoms with van der Waals surface area (Å²) in [6, 6.07) is 0. The van der Waals surface area contributed by atoms with E-state index in [2.05, 4.69) is 15.3 Å². The molecule has 0 radical (unpaired) electrons. The van der Waals surface area contributed by atoms with Gasteiger partial charge in [-0.25, -0.2) is 0 Å². The summed E-state index contributed by atoms with van der Waals surface area (Å²) < 4.78 is 5.21. The van der Waals surface area contributed by atoms with Gasteiger partial charge in [-0.15, -0.1) is 0 Å². The van der Waals surface area contributed by atoms with Gasteiger partial charge in [-0.1, -0.05) is 0 Å². The third kappa shape index (κ3) is 4.67. The molecule has 6 nitrogen and oxygen atoms in total. The van der Waals surface area contributed by atoms with Gasteiger partial charge in [0.1, 0.15) is 5.82 Å². The maximum atomic E-state index is 10.7. The van der Waals surface area contributed by atoms with Crippen LogP contribution in [0.3, 0.4) is 0 Å². The molecule has 0 aliphatic carbocycles. The normalized spacial score (nSPS) is 11.0. The molecule has 94 valence electrons. The molecule has 0 spiro atoms. The van der Waals surface area contributed by atoms with E-state index in [0.29, 0.717) is 18.3 Å². The molecule has 6 heteroatoms. The van der Waals surface area contributed by atoms with Crippen LogP contribution in [0.1, 0.15) is 27.2 Å². The molecule has 17 heavy (non-hydrogen) atoms. The first kappa shape index (κ1) is 13.2. The van der Waals surface area contributed by atoms with E-state index in [4.69, 9.17) is 9.84 Å². The van der Waals surface area contributed by atoms with E-state index in [9.17, 15) is 4.79 Å². The quantitative estimate of drug-likeness (QED) is 0.783. The Kier molecular flexibility index (Phi) is 4.25. The van der Waals surface area contributed by atoms with Gasteiger partial charge < -0.3 is 15.2 Å². The molecule has 1 aromatic heterocycles. The van der Waals surface area contributed by atoms with Crippen molar-refractivity contribution in [2.24, 2.45) is 0 Å². The number of rotatable bonds is 6. The molecule has 0 fully saturated rings. The SMILES string of the molecule is CCOc1cncc(NC(C)(C)CC(=O)O)n1. The Bertz CT molecular complexity index is 393. The number of hydrogen-bond donors (Lipinski definition) is 2. The van der Waals surface area contributed by atoms with Gasteiger partial charge in [-0.05, 0) is 20.8 Å². The van der Waals surface area contributed by atoms with Crippen molar-refractivity contribution in [3.63, 3.8) is 0 Å². The van der Waals surface area contributed by atoms with Crippen LogP contribution in [0, 0.1) is 0 Å². The second kappa shape index (κ2) is 5.47. The summed E-state index contributed by atoms with van der Waals surface area (Å²) in [5.41, 5.74) is -0.592. The molecular weight excluding hydrogens is 222 g/mol. The lowest BCUT2D eigenvalue weighted by atomic mass is 10.0. The van der Waals surface area contributed by atoms with Crippen molar-refractivity contribution < 1.29 is 14.6 Å². The predicted octanol–water partition coefficient (Wildman–Crippen LogP) is 1.54. The van der Waals surface area contributed by atoms with E-state index in [-0.39, 0.29) is 6.42 Å². The van der Waals surface area contributed by atoms with E-state index < -0.39 is 11.5 Å². The second-order valence-corrected chi connectivity index (χ2v) is 4.25. The van der Waals surface area contributed by atoms with Gasteiger partial charge in [0, 0.05) is 5.54 Å². The average Bonchev–Trinajstić information content (AvgIpc) is 2.15. The first-order valence-corrected chi connectivity index (χ1v) is 5.38. The highest BCUT2D eigenvalue weighted by atomic mass is 16.5. The average molecular weight is 239 g/mol. The van der Waals surface area contributed by atoms with Crippen LogP contribution in [0.4, 0.5) is 5.82 Å². The van der Waals surface area contributed by atoms with Crippen molar-refractivity contribution in [3.05, 3.63) is 12.4 Å². The van der Waals surface area contributed by atoms with Crippen LogP contribution in [0.5, 0.6) is 5.88 Å². The fourth-order valence-corrected chi connectivity index (χ4v) is 1.39. The highest BCUT2D eigenvalue weighted by Gasteiger charge is 2.22. The number of nitrogens with one attached hydrogen (secondary N) is 1. The summed E-state index contributed by atoms with van der Waals surface area (Å²) in [6.45, 7) is 5.94. The topological polar surface area (TPSA) is 84.3 Å². The van der Waals surface area contributed by atoms with Crippen LogP contribution in [0.2, 0.25) is 0 Å². The van der Waals surface area contributed by atoms with E-state index in [1.165, 1.54) is 12.4 Å². The Balaban J connectivity index is 2.73. The first-order chi connectivity index (χ1) is 7.93. The molecular formula is C11H17N3O3. The van der Waals surface area contributed by atoms with Crippen LogP contribution in [0.15, 0.2) is 12.4 Å². The number of ether oxygens (including phenoxy) is 1. The third-order valence-electron chi connectivity index (χ3n) is 1.96. The van der Waals surface area contributed by atoms with Crippen molar-refractivity contribution in [1.82, 2.24) is 9.97 Å². The molecule has 0 saturated carbocycles. The number of aromatic nitrogens is 2. The Labute approximate surface area is 100 Å². The Hall–Kier alpha value is -1.85. The largest absolute Gasteiger partial charge is 0.481 e. The van der Waals surface area contributed by atoms with Crippen LogP contribution in [-0.4, -0.2) is 33.2 Å². The molecule has 0 aliphatic rings. The zero-order valence-electron chi connectivity index (χ0n) is 10.2. The van der Waals surface area contributed by atoms with Gasteiger partial charge in [0.15, 0.2) is 0 Å². The summed E-state index contributed by atoms with van der Waals surface area (Å²) in [7, 11) is 0. The Morgan fingerprint density at radius 1 is 1.53 bits per heavy atom. The minimum atomic E-state index is -0.864. The number of carboxylic acids is 1. The van der Waals surface area contributed by atoms with Crippen molar-refractivity contribution in [2.75, 3.05) is 11.9 Å². The molecule has 0 aromatic carbocycles. The number of carboxylic acid groups (broad SMARTS) is 1. The predicted molar refractivity (Wildman–Crippen MR) is 63.2 cm³/mol.